The zero-order valence-corrected chi connectivity index (χ0v) is 19.7. The van der Waals surface area contributed by atoms with Crippen LogP contribution in [0.4, 0.5) is 4.79 Å². The van der Waals surface area contributed by atoms with E-state index in [1.807, 2.05) is 25.7 Å². The molecular weight excluding hydrogens is 372 g/mol. The van der Waals surface area contributed by atoms with Gasteiger partial charge in [-0.05, 0) is 51.7 Å². The van der Waals surface area contributed by atoms with Crippen molar-refractivity contribution in [2.24, 2.45) is 0 Å². The van der Waals surface area contributed by atoms with Crippen molar-refractivity contribution in [3.05, 3.63) is 59.7 Å². The summed E-state index contributed by atoms with van der Waals surface area (Å²) in [5, 5.41) is 0. The lowest BCUT2D eigenvalue weighted by molar-refractivity contribution is -0.00314. The molecule has 166 valence electrons. The Labute approximate surface area is 183 Å². The van der Waals surface area contributed by atoms with Gasteiger partial charge in [0.1, 0.15) is 5.60 Å². The monoisotopic (exact) mass is 412 g/mol. The number of benzene rings is 1. The highest BCUT2D eigenvalue weighted by Crippen LogP contribution is 2.34. The Hall–Kier alpha value is -2.07. The standard InChI is InChI=1S/C26H40N2O2/c1-7-10-15-21(9-3)24(22-16-12-11-13-17-22)28-19-18-27(20-23(28)14-8-2)25(29)30-26(4,5)6/h9-13,15-17,23-24H,7-8,14,18-20H2,1-6H3/b15-10-,21-9+. The largest absolute Gasteiger partial charge is 0.444 e. The third-order valence-corrected chi connectivity index (χ3v) is 5.44. The maximum Gasteiger partial charge on any atom is 0.410 e. The average molecular weight is 413 g/mol. The van der Waals surface area contributed by atoms with Crippen molar-refractivity contribution in [3.63, 3.8) is 0 Å². The van der Waals surface area contributed by atoms with E-state index in [-0.39, 0.29) is 12.1 Å². The average Bonchev–Trinajstić information content (AvgIpc) is 2.71. The summed E-state index contributed by atoms with van der Waals surface area (Å²) in [5.41, 5.74) is 2.15. The molecule has 0 radical (unpaired) electrons. The second-order valence-corrected chi connectivity index (χ2v) is 9.02. The predicted octanol–water partition coefficient (Wildman–Crippen LogP) is 6.36. The normalized spacial score (nSPS) is 19.9. The number of nitrogens with zero attached hydrogens (tertiary/aromatic N) is 2. The lowest BCUT2D eigenvalue weighted by Gasteiger charge is -2.46. The van der Waals surface area contributed by atoms with Crippen LogP contribution in [-0.4, -0.2) is 47.2 Å². The highest BCUT2D eigenvalue weighted by Gasteiger charge is 2.36. The van der Waals surface area contributed by atoms with Crippen molar-refractivity contribution in [2.75, 3.05) is 19.6 Å². The third kappa shape index (κ3) is 6.73. The van der Waals surface area contributed by atoms with Gasteiger partial charge in [-0.3, -0.25) is 4.90 Å². The van der Waals surface area contributed by atoms with Crippen molar-refractivity contribution < 1.29 is 9.53 Å². The molecule has 4 nitrogen and oxygen atoms in total. The van der Waals surface area contributed by atoms with E-state index in [1.165, 1.54) is 11.1 Å². The molecule has 0 saturated carbocycles. The summed E-state index contributed by atoms with van der Waals surface area (Å²) in [6, 6.07) is 11.2. The van der Waals surface area contributed by atoms with Gasteiger partial charge in [-0.25, -0.2) is 4.79 Å². The van der Waals surface area contributed by atoms with Crippen LogP contribution in [0.2, 0.25) is 0 Å². The highest BCUT2D eigenvalue weighted by atomic mass is 16.6. The number of piperazine rings is 1. The summed E-state index contributed by atoms with van der Waals surface area (Å²) in [4.78, 5) is 17.2. The molecule has 30 heavy (non-hydrogen) atoms. The number of hydrogen-bond acceptors (Lipinski definition) is 3. The minimum Gasteiger partial charge on any atom is -0.444 e. The van der Waals surface area contributed by atoms with E-state index in [2.05, 4.69) is 74.2 Å². The zero-order chi connectivity index (χ0) is 22.1. The minimum atomic E-state index is -0.468. The smallest absolute Gasteiger partial charge is 0.410 e. The molecule has 0 aromatic heterocycles. The molecule has 0 N–H and O–H groups in total. The molecule has 0 bridgehead atoms. The fourth-order valence-electron chi connectivity index (χ4n) is 4.10. The van der Waals surface area contributed by atoms with Gasteiger partial charge < -0.3 is 9.64 Å². The Morgan fingerprint density at radius 2 is 1.90 bits per heavy atom. The van der Waals surface area contributed by atoms with E-state index < -0.39 is 5.60 Å². The van der Waals surface area contributed by atoms with E-state index >= 15 is 0 Å². The van der Waals surface area contributed by atoms with E-state index in [0.717, 1.165) is 25.8 Å². The van der Waals surface area contributed by atoms with Crippen LogP contribution in [0.3, 0.4) is 0 Å². The predicted molar refractivity (Wildman–Crippen MR) is 126 cm³/mol. The molecule has 1 aromatic rings. The van der Waals surface area contributed by atoms with Crippen molar-refractivity contribution in [1.29, 1.82) is 0 Å². The molecule has 1 aliphatic heterocycles. The van der Waals surface area contributed by atoms with Gasteiger partial charge in [0.2, 0.25) is 0 Å². The first-order valence-corrected chi connectivity index (χ1v) is 11.4. The molecule has 0 aliphatic carbocycles. The summed E-state index contributed by atoms with van der Waals surface area (Å²) < 4.78 is 5.65. The van der Waals surface area contributed by atoms with Crippen molar-refractivity contribution in [2.45, 2.75) is 78.5 Å². The number of rotatable bonds is 7. The van der Waals surface area contributed by atoms with Crippen LogP contribution in [0, 0.1) is 0 Å². The number of carbonyl (C=O) groups excluding carboxylic acids is 1. The second kappa shape index (κ2) is 11.4. The Morgan fingerprint density at radius 1 is 1.20 bits per heavy atom. The fraction of sp³-hybridized carbons (Fsp3) is 0.577. The number of ether oxygens (including phenoxy) is 1. The molecular formula is C26H40N2O2. The van der Waals surface area contributed by atoms with Gasteiger partial charge in [0.25, 0.3) is 0 Å². The molecule has 2 unspecified atom stereocenters. The van der Waals surface area contributed by atoms with Gasteiger partial charge in [0, 0.05) is 25.7 Å². The van der Waals surface area contributed by atoms with Crippen molar-refractivity contribution >= 4 is 6.09 Å². The van der Waals surface area contributed by atoms with Crippen LogP contribution < -0.4 is 0 Å². The maximum absolute atomic E-state index is 12.7. The van der Waals surface area contributed by atoms with E-state index in [1.54, 1.807) is 0 Å². The molecule has 4 heteroatoms. The van der Waals surface area contributed by atoms with Gasteiger partial charge in [-0.2, -0.15) is 0 Å². The van der Waals surface area contributed by atoms with E-state index in [9.17, 15) is 4.79 Å². The third-order valence-electron chi connectivity index (χ3n) is 5.44. The van der Waals surface area contributed by atoms with Crippen LogP contribution in [0.1, 0.15) is 72.4 Å². The van der Waals surface area contributed by atoms with Gasteiger partial charge in [0.15, 0.2) is 0 Å². The van der Waals surface area contributed by atoms with Crippen LogP contribution in [0.25, 0.3) is 0 Å². The van der Waals surface area contributed by atoms with Crippen LogP contribution in [-0.2, 0) is 4.74 Å². The van der Waals surface area contributed by atoms with E-state index in [0.29, 0.717) is 19.1 Å². The Kier molecular flexibility index (Phi) is 9.16. The lowest BCUT2D eigenvalue weighted by Crippen LogP contribution is -2.56. The molecule has 1 saturated heterocycles. The lowest BCUT2D eigenvalue weighted by atomic mass is 9.92. The molecule has 1 heterocycles. The fourth-order valence-corrected chi connectivity index (χ4v) is 4.10. The summed E-state index contributed by atoms with van der Waals surface area (Å²) in [7, 11) is 0. The van der Waals surface area contributed by atoms with Crippen LogP contribution >= 0.6 is 0 Å². The second-order valence-electron chi connectivity index (χ2n) is 9.02. The first kappa shape index (κ1) is 24.2. The summed E-state index contributed by atoms with van der Waals surface area (Å²) in [5.74, 6) is 0. The molecule has 0 spiro atoms. The van der Waals surface area contributed by atoms with Gasteiger partial charge in [-0.1, -0.05) is 68.8 Å². The summed E-state index contributed by atoms with van der Waals surface area (Å²) >= 11 is 0. The maximum atomic E-state index is 12.7. The quantitative estimate of drug-likeness (QED) is 0.488. The number of amides is 1. The first-order valence-electron chi connectivity index (χ1n) is 11.4. The van der Waals surface area contributed by atoms with Crippen LogP contribution in [0.5, 0.6) is 0 Å². The zero-order valence-electron chi connectivity index (χ0n) is 19.7. The summed E-state index contributed by atoms with van der Waals surface area (Å²) in [6.45, 7) is 14.5. The van der Waals surface area contributed by atoms with Crippen LogP contribution in [0.15, 0.2) is 54.1 Å². The Bertz CT molecular complexity index is 718. The first-order chi connectivity index (χ1) is 14.3. The van der Waals surface area contributed by atoms with Crippen molar-refractivity contribution in [3.8, 4) is 0 Å². The molecule has 1 fully saturated rings. The molecule has 2 atom stereocenters. The number of hydrogen-bond donors (Lipinski definition) is 0. The minimum absolute atomic E-state index is 0.191. The Balaban J connectivity index is 2.33. The molecule has 1 aliphatic rings. The number of allylic oxidation sites excluding steroid dienone is 2. The SMILES string of the molecule is C/C=C(\C=C/CC)C(c1ccccc1)N1CCN(C(=O)OC(C)(C)C)CC1CCC. The van der Waals surface area contributed by atoms with E-state index in [4.69, 9.17) is 4.74 Å². The highest BCUT2D eigenvalue weighted by molar-refractivity contribution is 5.68. The molecule has 1 aromatic carbocycles. The van der Waals surface area contributed by atoms with Crippen molar-refractivity contribution in [1.82, 2.24) is 9.80 Å². The number of carbonyl (C=O) groups is 1. The Morgan fingerprint density at radius 3 is 2.47 bits per heavy atom. The van der Waals surface area contributed by atoms with Gasteiger partial charge >= 0.3 is 6.09 Å². The molecule has 1 amide bonds. The van der Waals surface area contributed by atoms with Gasteiger partial charge in [-0.15, -0.1) is 0 Å². The topological polar surface area (TPSA) is 32.8 Å². The van der Waals surface area contributed by atoms with Gasteiger partial charge in [0.05, 0.1) is 6.04 Å². The summed E-state index contributed by atoms with van der Waals surface area (Å²) in [6.07, 6.45) is 9.68. The molecule has 2 rings (SSSR count).